The number of aryl methyl sites for hydroxylation is 1. The first-order chi connectivity index (χ1) is 8.63. The van der Waals surface area contributed by atoms with Crippen molar-refractivity contribution in [3.8, 4) is 11.3 Å². The maximum atomic E-state index is 13.7. The molecule has 94 valence electrons. The summed E-state index contributed by atoms with van der Waals surface area (Å²) < 4.78 is 28.7. The van der Waals surface area contributed by atoms with Gasteiger partial charge in [-0.25, -0.2) is 13.8 Å². The van der Waals surface area contributed by atoms with Gasteiger partial charge in [0.25, 0.3) is 0 Å². The zero-order chi connectivity index (χ0) is 12.7. The summed E-state index contributed by atoms with van der Waals surface area (Å²) in [6, 6.07) is 3.50. The molecule has 0 amide bonds. The number of halogens is 2. The number of benzene rings is 1. The summed E-state index contributed by atoms with van der Waals surface area (Å²) in [5.41, 5.74) is 6.54. The molecule has 2 N–H and O–H groups in total. The highest BCUT2D eigenvalue weighted by Crippen LogP contribution is 2.25. The molecular weight excluding hydrogens is 236 g/mol. The third kappa shape index (κ3) is 1.90. The average Bonchev–Trinajstić information content (AvgIpc) is 2.74. The minimum absolute atomic E-state index is 0.108. The first-order valence-corrected chi connectivity index (χ1v) is 5.90. The van der Waals surface area contributed by atoms with E-state index < -0.39 is 11.6 Å². The second kappa shape index (κ2) is 4.17. The molecule has 0 fully saturated rings. The van der Waals surface area contributed by atoms with Crippen molar-refractivity contribution < 1.29 is 8.78 Å². The summed E-state index contributed by atoms with van der Waals surface area (Å²) in [6.07, 6.45) is 3.40. The Bertz CT molecular complexity index is 592. The van der Waals surface area contributed by atoms with E-state index in [4.69, 9.17) is 5.73 Å². The number of hydrogen-bond donors (Lipinski definition) is 1. The molecule has 0 bridgehead atoms. The molecule has 0 saturated carbocycles. The summed E-state index contributed by atoms with van der Waals surface area (Å²) in [7, 11) is 0. The molecule has 5 heteroatoms. The van der Waals surface area contributed by atoms with Crippen LogP contribution in [0.3, 0.4) is 0 Å². The molecule has 1 aromatic carbocycles. The monoisotopic (exact) mass is 249 g/mol. The van der Waals surface area contributed by atoms with Crippen LogP contribution < -0.4 is 5.73 Å². The van der Waals surface area contributed by atoms with Crippen LogP contribution in [0, 0.1) is 11.6 Å². The fourth-order valence-corrected chi connectivity index (χ4v) is 2.29. The highest BCUT2D eigenvalue weighted by atomic mass is 19.1. The highest BCUT2D eigenvalue weighted by molar-refractivity contribution is 5.59. The molecule has 3 rings (SSSR count). The van der Waals surface area contributed by atoms with Gasteiger partial charge in [0.05, 0.1) is 5.69 Å². The van der Waals surface area contributed by atoms with Gasteiger partial charge >= 0.3 is 0 Å². The number of nitrogens with zero attached hydrogens (tertiary/aromatic N) is 2. The van der Waals surface area contributed by atoms with E-state index >= 15 is 0 Å². The molecule has 3 nitrogen and oxygen atoms in total. The Morgan fingerprint density at radius 3 is 3.00 bits per heavy atom. The van der Waals surface area contributed by atoms with E-state index in [1.165, 1.54) is 6.07 Å². The first kappa shape index (κ1) is 11.3. The molecule has 2 aromatic rings. The lowest BCUT2D eigenvalue weighted by Crippen LogP contribution is -2.31. The summed E-state index contributed by atoms with van der Waals surface area (Å²) in [6.45, 7) is 0.680. The number of rotatable bonds is 1. The Balaban J connectivity index is 2.05. The van der Waals surface area contributed by atoms with E-state index in [-0.39, 0.29) is 11.6 Å². The predicted octanol–water partition coefficient (Wildman–Crippen LogP) is 2.10. The van der Waals surface area contributed by atoms with Crippen LogP contribution in [0.5, 0.6) is 0 Å². The van der Waals surface area contributed by atoms with Gasteiger partial charge in [0.1, 0.15) is 17.5 Å². The normalized spacial score (nSPS) is 18.7. The molecule has 1 aliphatic rings. The summed E-state index contributed by atoms with van der Waals surface area (Å²) in [5, 5.41) is 0. The smallest absolute Gasteiger partial charge is 0.132 e. The van der Waals surface area contributed by atoms with Crippen LogP contribution in [0.1, 0.15) is 12.2 Å². The van der Waals surface area contributed by atoms with Crippen LogP contribution in [-0.4, -0.2) is 15.6 Å². The molecule has 0 aliphatic carbocycles. The van der Waals surface area contributed by atoms with Gasteiger partial charge in [0.15, 0.2) is 0 Å². The van der Waals surface area contributed by atoms with Crippen molar-refractivity contribution in [3.05, 3.63) is 41.9 Å². The van der Waals surface area contributed by atoms with Crippen LogP contribution in [0.15, 0.2) is 24.4 Å². The molecule has 0 radical (unpaired) electrons. The predicted molar refractivity (Wildman–Crippen MR) is 63.9 cm³/mol. The first-order valence-electron chi connectivity index (χ1n) is 5.90. The van der Waals surface area contributed by atoms with Crippen molar-refractivity contribution in [1.82, 2.24) is 9.55 Å². The quantitative estimate of drug-likeness (QED) is 0.841. The Morgan fingerprint density at radius 2 is 2.17 bits per heavy atom. The maximum absolute atomic E-state index is 13.7. The molecule has 0 unspecified atom stereocenters. The van der Waals surface area contributed by atoms with Crippen LogP contribution >= 0.6 is 0 Å². The van der Waals surface area contributed by atoms with Gasteiger partial charge in [-0.1, -0.05) is 0 Å². The van der Waals surface area contributed by atoms with Gasteiger partial charge in [0.2, 0.25) is 0 Å². The molecule has 0 saturated heterocycles. The Hall–Kier alpha value is -1.75. The number of nitrogens with two attached hydrogens (primary N) is 1. The topological polar surface area (TPSA) is 43.8 Å². The molecule has 1 aromatic heterocycles. The second-order valence-electron chi connectivity index (χ2n) is 4.62. The van der Waals surface area contributed by atoms with Crippen LogP contribution in [0.2, 0.25) is 0 Å². The lowest BCUT2D eigenvalue weighted by Gasteiger charge is -2.19. The number of aromatic nitrogens is 2. The zero-order valence-electron chi connectivity index (χ0n) is 9.74. The largest absolute Gasteiger partial charge is 0.333 e. The zero-order valence-corrected chi connectivity index (χ0v) is 9.74. The standard InChI is InChI=1S/C13H13F2N3/c14-8-1-3-11(15)10(5-8)12-7-18-6-9(16)2-4-13(18)17-12/h1,3,5,7,9H,2,4,6,16H2/t9-/m0/s1. The Kier molecular flexibility index (Phi) is 2.63. The van der Waals surface area contributed by atoms with E-state index in [0.717, 1.165) is 30.8 Å². The summed E-state index contributed by atoms with van der Waals surface area (Å²) in [5.74, 6) is -0.0411. The maximum Gasteiger partial charge on any atom is 0.132 e. The van der Waals surface area contributed by atoms with Crippen molar-refractivity contribution in [1.29, 1.82) is 0 Å². The van der Waals surface area contributed by atoms with Crippen LogP contribution in [0.25, 0.3) is 11.3 Å². The van der Waals surface area contributed by atoms with Gasteiger partial charge in [-0.3, -0.25) is 0 Å². The SMILES string of the molecule is N[C@H]1CCc2nc(-c3cc(F)ccc3F)cn2C1. The van der Waals surface area contributed by atoms with Crippen molar-refractivity contribution in [2.24, 2.45) is 5.73 Å². The molecule has 2 heterocycles. The van der Waals surface area contributed by atoms with E-state index in [1.807, 2.05) is 4.57 Å². The molecular formula is C13H13F2N3. The summed E-state index contributed by atoms with van der Waals surface area (Å²) >= 11 is 0. The molecule has 18 heavy (non-hydrogen) atoms. The van der Waals surface area contributed by atoms with Crippen molar-refractivity contribution in [2.45, 2.75) is 25.4 Å². The van der Waals surface area contributed by atoms with Gasteiger partial charge in [0, 0.05) is 30.8 Å². The third-order valence-corrected chi connectivity index (χ3v) is 3.23. The van der Waals surface area contributed by atoms with Crippen molar-refractivity contribution in [2.75, 3.05) is 0 Å². The molecule has 1 atom stereocenters. The van der Waals surface area contributed by atoms with Gasteiger partial charge in [-0.15, -0.1) is 0 Å². The van der Waals surface area contributed by atoms with Crippen LogP contribution in [0.4, 0.5) is 8.78 Å². The number of hydrogen-bond acceptors (Lipinski definition) is 2. The van der Waals surface area contributed by atoms with Crippen molar-refractivity contribution in [3.63, 3.8) is 0 Å². The third-order valence-electron chi connectivity index (χ3n) is 3.23. The number of imidazole rings is 1. The number of fused-ring (bicyclic) bond motifs is 1. The van der Waals surface area contributed by atoms with Gasteiger partial charge in [-0.2, -0.15) is 0 Å². The van der Waals surface area contributed by atoms with Gasteiger partial charge in [-0.05, 0) is 24.6 Å². The summed E-state index contributed by atoms with van der Waals surface area (Å²) in [4.78, 5) is 4.36. The van der Waals surface area contributed by atoms with E-state index in [2.05, 4.69) is 4.98 Å². The highest BCUT2D eigenvalue weighted by Gasteiger charge is 2.19. The van der Waals surface area contributed by atoms with E-state index in [0.29, 0.717) is 12.2 Å². The van der Waals surface area contributed by atoms with Gasteiger partial charge < -0.3 is 10.3 Å². The minimum Gasteiger partial charge on any atom is -0.333 e. The minimum atomic E-state index is -0.464. The van der Waals surface area contributed by atoms with E-state index in [9.17, 15) is 8.78 Å². The van der Waals surface area contributed by atoms with Crippen LogP contribution in [-0.2, 0) is 13.0 Å². The lowest BCUT2D eigenvalue weighted by molar-refractivity contribution is 0.453. The van der Waals surface area contributed by atoms with Crippen molar-refractivity contribution >= 4 is 0 Å². The second-order valence-corrected chi connectivity index (χ2v) is 4.62. The average molecular weight is 249 g/mol. The molecule has 0 spiro atoms. The fraction of sp³-hybridized carbons (Fsp3) is 0.308. The Labute approximate surface area is 103 Å². The lowest BCUT2D eigenvalue weighted by atomic mass is 10.1. The fourth-order valence-electron chi connectivity index (χ4n) is 2.29. The van der Waals surface area contributed by atoms with E-state index in [1.54, 1.807) is 6.20 Å². The molecule has 1 aliphatic heterocycles. The Morgan fingerprint density at radius 1 is 1.33 bits per heavy atom.